The minimum Gasteiger partial charge on any atom is -0.477 e. The molecular weight excluding hydrogens is 182 g/mol. The molecule has 1 rings (SSSR count). The molecule has 0 aliphatic heterocycles. The van der Waals surface area contributed by atoms with Gasteiger partial charge in [-0.3, -0.25) is 4.79 Å². The molecule has 1 aromatic heterocycles. The predicted octanol–water partition coefficient (Wildman–Crippen LogP) is 1.35. The first-order chi connectivity index (χ1) is 6.66. The van der Waals surface area contributed by atoms with Gasteiger partial charge in [0.2, 0.25) is 0 Å². The molecule has 0 bridgehead atoms. The minimum absolute atomic E-state index is 0.163. The van der Waals surface area contributed by atoms with Gasteiger partial charge in [-0.1, -0.05) is 13.3 Å². The Labute approximate surface area is 81.8 Å². The second kappa shape index (κ2) is 4.60. The highest BCUT2D eigenvalue weighted by molar-refractivity contribution is 5.86. The maximum Gasteiger partial charge on any atom is 0.341 e. The summed E-state index contributed by atoms with van der Waals surface area (Å²) in [4.78, 5) is 22.1. The first kappa shape index (κ1) is 10.5. The molecule has 0 spiro atoms. The molecule has 0 aliphatic carbocycles. The fourth-order valence-corrected chi connectivity index (χ4v) is 1.20. The molecule has 76 valence electrons. The van der Waals surface area contributed by atoms with E-state index in [0.29, 0.717) is 6.54 Å². The average molecular weight is 195 g/mol. The van der Waals surface area contributed by atoms with E-state index in [-0.39, 0.29) is 5.56 Å². The van der Waals surface area contributed by atoms with Gasteiger partial charge in [0, 0.05) is 12.7 Å². The summed E-state index contributed by atoms with van der Waals surface area (Å²) in [6, 6.07) is 2.91. The van der Waals surface area contributed by atoms with Crippen LogP contribution in [0.2, 0.25) is 0 Å². The van der Waals surface area contributed by atoms with Crippen molar-refractivity contribution in [3.8, 4) is 0 Å². The summed E-state index contributed by atoms with van der Waals surface area (Å²) in [6.45, 7) is 2.60. The average Bonchev–Trinajstić information content (AvgIpc) is 2.16. The van der Waals surface area contributed by atoms with Gasteiger partial charge in [0.05, 0.1) is 0 Å². The maximum absolute atomic E-state index is 11.5. The Morgan fingerprint density at radius 1 is 1.57 bits per heavy atom. The molecule has 14 heavy (non-hydrogen) atoms. The van der Waals surface area contributed by atoms with Crippen molar-refractivity contribution in [2.75, 3.05) is 0 Å². The Kier molecular flexibility index (Phi) is 3.45. The van der Waals surface area contributed by atoms with Crippen molar-refractivity contribution in [3.05, 3.63) is 34.2 Å². The van der Waals surface area contributed by atoms with Crippen LogP contribution in [0.5, 0.6) is 0 Å². The molecule has 0 aliphatic rings. The van der Waals surface area contributed by atoms with E-state index >= 15 is 0 Å². The van der Waals surface area contributed by atoms with Crippen molar-refractivity contribution >= 4 is 5.97 Å². The standard InChI is InChI=1S/C10H13NO3/c1-2-3-6-11-7-4-5-8(9(11)12)10(13)14/h4-5,7H,2-3,6H2,1H3,(H,13,14). The third-order valence-electron chi connectivity index (χ3n) is 2.00. The number of carboxylic acid groups (broad SMARTS) is 1. The molecule has 4 nitrogen and oxygen atoms in total. The highest BCUT2D eigenvalue weighted by atomic mass is 16.4. The van der Waals surface area contributed by atoms with E-state index in [1.54, 1.807) is 12.3 Å². The van der Waals surface area contributed by atoms with Crippen LogP contribution in [0.15, 0.2) is 23.1 Å². The molecule has 0 saturated heterocycles. The van der Waals surface area contributed by atoms with Gasteiger partial charge in [-0.2, -0.15) is 0 Å². The number of nitrogens with zero attached hydrogens (tertiary/aromatic N) is 1. The Bertz CT molecular complexity index is 381. The quantitative estimate of drug-likeness (QED) is 0.788. The molecule has 0 fully saturated rings. The van der Waals surface area contributed by atoms with Crippen LogP contribution in [0.1, 0.15) is 30.1 Å². The number of pyridine rings is 1. The number of unbranched alkanes of at least 4 members (excludes halogenated alkanes) is 1. The first-order valence-corrected chi connectivity index (χ1v) is 4.59. The van der Waals surface area contributed by atoms with Gasteiger partial charge in [0.15, 0.2) is 0 Å². The number of aromatic nitrogens is 1. The maximum atomic E-state index is 11.5. The van der Waals surface area contributed by atoms with E-state index in [9.17, 15) is 9.59 Å². The highest BCUT2D eigenvalue weighted by Gasteiger charge is 2.09. The van der Waals surface area contributed by atoms with Crippen molar-refractivity contribution in [1.29, 1.82) is 0 Å². The highest BCUT2D eigenvalue weighted by Crippen LogP contribution is 1.95. The van der Waals surface area contributed by atoms with Crippen molar-refractivity contribution in [2.24, 2.45) is 0 Å². The Morgan fingerprint density at radius 2 is 2.29 bits per heavy atom. The van der Waals surface area contributed by atoms with Crippen molar-refractivity contribution < 1.29 is 9.90 Å². The van der Waals surface area contributed by atoms with Crippen LogP contribution in [-0.4, -0.2) is 15.6 Å². The molecule has 0 saturated carbocycles. The normalized spacial score (nSPS) is 10.1. The van der Waals surface area contributed by atoms with Crippen LogP contribution < -0.4 is 5.56 Å². The Hall–Kier alpha value is -1.58. The molecular formula is C10H13NO3. The number of carboxylic acids is 1. The number of aryl methyl sites for hydroxylation is 1. The van der Waals surface area contributed by atoms with Gasteiger partial charge < -0.3 is 9.67 Å². The van der Waals surface area contributed by atoms with Gasteiger partial charge in [-0.25, -0.2) is 4.79 Å². The van der Waals surface area contributed by atoms with E-state index in [2.05, 4.69) is 0 Å². The fraction of sp³-hybridized carbons (Fsp3) is 0.400. The van der Waals surface area contributed by atoms with Crippen LogP contribution in [0.25, 0.3) is 0 Å². The van der Waals surface area contributed by atoms with Crippen molar-refractivity contribution in [2.45, 2.75) is 26.3 Å². The molecule has 4 heteroatoms. The molecule has 0 unspecified atom stereocenters. The molecule has 0 aromatic carbocycles. The number of aromatic carboxylic acids is 1. The van der Waals surface area contributed by atoms with Crippen molar-refractivity contribution in [3.63, 3.8) is 0 Å². The van der Waals surface area contributed by atoms with E-state index in [4.69, 9.17) is 5.11 Å². The van der Waals surface area contributed by atoms with E-state index < -0.39 is 11.5 Å². The largest absolute Gasteiger partial charge is 0.477 e. The third-order valence-corrected chi connectivity index (χ3v) is 2.00. The van der Waals surface area contributed by atoms with E-state index in [0.717, 1.165) is 12.8 Å². The number of hydrogen-bond acceptors (Lipinski definition) is 2. The SMILES string of the molecule is CCCCn1cccc(C(=O)O)c1=O. The summed E-state index contributed by atoms with van der Waals surface area (Å²) in [5, 5.41) is 8.70. The van der Waals surface area contributed by atoms with Crippen molar-refractivity contribution in [1.82, 2.24) is 4.57 Å². The fourth-order valence-electron chi connectivity index (χ4n) is 1.20. The zero-order valence-corrected chi connectivity index (χ0v) is 8.06. The van der Waals surface area contributed by atoms with Crippen LogP contribution in [-0.2, 0) is 6.54 Å². The molecule has 1 heterocycles. The Morgan fingerprint density at radius 3 is 2.86 bits per heavy atom. The molecule has 0 amide bonds. The lowest BCUT2D eigenvalue weighted by molar-refractivity contribution is 0.0694. The first-order valence-electron chi connectivity index (χ1n) is 4.59. The van der Waals surface area contributed by atoms with Gasteiger partial charge in [-0.05, 0) is 18.6 Å². The lowest BCUT2D eigenvalue weighted by Crippen LogP contribution is -2.25. The zero-order valence-electron chi connectivity index (χ0n) is 8.06. The van der Waals surface area contributed by atoms with E-state index in [1.165, 1.54) is 10.6 Å². The van der Waals surface area contributed by atoms with Gasteiger partial charge in [0.25, 0.3) is 5.56 Å². The minimum atomic E-state index is -1.17. The van der Waals surface area contributed by atoms with Crippen LogP contribution in [0.3, 0.4) is 0 Å². The number of rotatable bonds is 4. The van der Waals surface area contributed by atoms with Crippen LogP contribution in [0.4, 0.5) is 0 Å². The summed E-state index contributed by atoms with van der Waals surface area (Å²) < 4.78 is 1.44. The summed E-state index contributed by atoms with van der Waals surface area (Å²) in [6.07, 6.45) is 3.47. The van der Waals surface area contributed by atoms with Gasteiger partial charge in [-0.15, -0.1) is 0 Å². The van der Waals surface area contributed by atoms with Gasteiger partial charge in [0.1, 0.15) is 5.56 Å². The summed E-state index contributed by atoms with van der Waals surface area (Å²) >= 11 is 0. The predicted molar refractivity (Wildman–Crippen MR) is 52.6 cm³/mol. The van der Waals surface area contributed by atoms with E-state index in [1.807, 2.05) is 6.92 Å². The van der Waals surface area contributed by atoms with Crippen LogP contribution >= 0.6 is 0 Å². The topological polar surface area (TPSA) is 59.3 Å². The summed E-state index contributed by atoms with van der Waals surface area (Å²) in [7, 11) is 0. The molecule has 0 atom stereocenters. The lowest BCUT2D eigenvalue weighted by atomic mass is 10.2. The monoisotopic (exact) mass is 195 g/mol. The molecule has 1 aromatic rings. The van der Waals surface area contributed by atoms with Crippen LogP contribution in [0, 0.1) is 0 Å². The zero-order chi connectivity index (χ0) is 10.6. The third kappa shape index (κ3) is 2.22. The Balaban J connectivity index is 3.02. The van der Waals surface area contributed by atoms with Gasteiger partial charge >= 0.3 is 5.97 Å². The smallest absolute Gasteiger partial charge is 0.341 e. The molecule has 0 radical (unpaired) electrons. The number of carbonyl (C=O) groups is 1. The second-order valence-corrected chi connectivity index (χ2v) is 3.08. The second-order valence-electron chi connectivity index (χ2n) is 3.08. The lowest BCUT2D eigenvalue weighted by Gasteiger charge is -2.04. The summed E-state index contributed by atoms with van der Waals surface area (Å²) in [5.74, 6) is -1.17. The number of hydrogen-bond donors (Lipinski definition) is 1. The molecule has 1 N–H and O–H groups in total. The summed E-state index contributed by atoms with van der Waals surface area (Å²) in [5.41, 5.74) is -0.586.